The molecule has 3 heterocycles. The van der Waals surface area contributed by atoms with Crippen molar-refractivity contribution in [1.29, 1.82) is 5.26 Å². The maximum absolute atomic E-state index is 9.26. The van der Waals surface area contributed by atoms with Gasteiger partial charge in [-0.2, -0.15) is 5.26 Å². The smallest absolute Gasteiger partial charge is 0.233 e. The topological polar surface area (TPSA) is 82.1 Å². The van der Waals surface area contributed by atoms with E-state index in [0.717, 1.165) is 38.4 Å². The summed E-state index contributed by atoms with van der Waals surface area (Å²) in [6.07, 6.45) is 2.74. The summed E-state index contributed by atoms with van der Waals surface area (Å²) in [5.41, 5.74) is 0.626. The predicted molar refractivity (Wildman–Crippen MR) is 84.8 cm³/mol. The number of anilines is 1. The Morgan fingerprint density at radius 1 is 1.26 bits per heavy atom. The van der Waals surface area contributed by atoms with E-state index in [1.807, 2.05) is 6.07 Å². The highest BCUT2D eigenvalue weighted by Crippen LogP contribution is 2.23. The molecule has 0 amide bonds. The van der Waals surface area contributed by atoms with Gasteiger partial charge < -0.3 is 9.32 Å². The summed E-state index contributed by atoms with van der Waals surface area (Å²) in [6.45, 7) is 7.42. The van der Waals surface area contributed by atoms with Crippen LogP contribution < -0.4 is 4.90 Å². The molecule has 0 radical (unpaired) electrons. The van der Waals surface area contributed by atoms with Gasteiger partial charge in [0.25, 0.3) is 0 Å². The van der Waals surface area contributed by atoms with Crippen molar-refractivity contribution in [3.8, 4) is 6.07 Å². The molecular formula is C16H20N6O. The molecule has 7 heteroatoms. The molecule has 0 aromatic carbocycles. The first-order valence-electron chi connectivity index (χ1n) is 7.83. The van der Waals surface area contributed by atoms with E-state index in [2.05, 4.69) is 38.0 Å². The Morgan fingerprint density at radius 3 is 2.87 bits per heavy atom. The van der Waals surface area contributed by atoms with Crippen molar-refractivity contribution in [1.82, 2.24) is 20.1 Å². The van der Waals surface area contributed by atoms with Gasteiger partial charge in [-0.05, 0) is 25.5 Å². The van der Waals surface area contributed by atoms with Crippen LogP contribution in [0.4, 0.5) is 5.82 Å². The summed E-state index contributed by atoms with van der Waals surface area (Å²) >= 11 is 0. The van der Waals surface area contributed by atoms with Gasteiger partial charge in [0.1, 0.15) is 11.9 Å². The molecule has 2 aromatic rings. The average molecular weight is 312 g/mol. The Bertz CT molecular complexity index is 707. The minimum Gasteiger partial charge on any atom is -0.424 e. The number of rotatable bonds is 3. The summed E-state index contributed by atoms with van der Waals surface area (Å²) in [7, 11) is 0. The minimum atomic E-state index is 0.0929. The van der Waals surface area contributed by atoms with Gasteiger partial charge in [-0.25, -0.2) is 4.98 Å². The van der Waals surface area contributed by atoms with E-state index in [1.165, 1.54) is 0 Å². The molecule has 1 atom stereocenters. The second-order valence-corrected chi connectivity index (χ2v) is 5.70. The first-order valence-corrected chi connectivity index (χ1v) is 7.83. The monoisotopic (exact) mass is 312 g/mol. The molecule has 7 nitrogen and oxygen atoms in total. The Labute approximate surface area is 135 Å². The molecule has 0 unspecified atom stereocenters. The fourth-order valence-electron chi connectivity index (χ4n) is 2.91. The number of aromatic nitrogens is 3. The molecule has 1 fully saturated rings. The van der Waals surface area contributed by atoms with Crippen LogP contribution in [0.3, 0.4) is 0 Å². The molecule has 0 aliphatic carbocycles. The maximum atomic E-state index is 9.26. The van der Waals surface area contributed by atoms with Crippen LogP contribution >= 0.6 is 0 Å². The third-order valence-corrected chi connectivity index (χ3v) is 4.18. The molecule has 120 valence electrons. The van der Waals surface area contributed by atoms with Gasteiger partial charge in [0.15, 0.2) is 0 Å². The molecule has 0 N–H and O–H groups in total. The van der Waals surface area contributed by atoms with E-state index in [0.29, 0.717) is 17.3 Å². The zero-order chi connectivity index (χ0) is 16.2. The lowest BCUT2D eigenvalue weighted by atomic mass is 10.2. The summed E-state index contributed by atoms with van der Waals surface area (Å²) in [6, 6.07) is 5.93. The molecule has 1 saturated heterocycles. The normalized spacial score (nSPS) is 17.5. The molecular weight excluding hydrogens is 292 g/mol. The summed E-state index contributed by atoms with van der Waals surface area (Å²) in [4.78, 5) is 8.91. The number of hydrogen-bond donors (Lipinski definition) is 0. The van der Waals surface area contributed by atoms with Crippen LogP contribution in [0.15, 0.2) is 22.7 Å². The van der Waals surface area contributed by atoms with Gasteiger partial charge in [-0.3, -0.25) is 4.90 Å². The fourth-order valence-corrected chi connectivity index (χ4v) is 2.91. The third kappa shape index (κ3) is 3.32. The van der Waals surface area contributed by atoms with Gasteiger partial charge in [-0.1, -0.05) is 0 Å². The van der Waals surface area contributed by atoms with Gasteiger partial charge >= 0.3 is 0 Å². The molecule has 1 aliphatic heterocycles. The SMILES string of the molecule is Cc1nnc([C@@H](C)N2CCCN(c3ncccc3C#N)CC2)o1. The Kier molecular flexibility index (Phi) is 4.53. The molecule has 0 spiro atoms. The lowest BCUT2D eigenvalue weighted by Gasteiger charge is -2.25. The Hall–Kier alpha value is -2.46. The quantitative estimate of drug-likeness (QED) is 0.856. The van der Waals surface area contributed by atoms with E-state index in [9.17, 15) is 5.26 Å². The largest absolute Gasteiger partial charge is 0.424 e. The highest BCUT2D eigenvalue weighted by Gasteiger charge is 2.24. The number of nitriles is 1. The molecule has 1 aliphatic rings. The predicted octanol–water partition coefficient (Wildman–Crippen LogP) is 1.92. The summed E-state index contributed by atoms with van der Waals surface area (Å²) in [5.74, 6) is 2.03. The van der Waals surface area contributed by atoms with E-state index in [4.69, 9.17) is 4.42 Å². The van der Waals surface area contributed by atoms with Crippen molar-refractivity contribution >= 4 is 5.82 Å². The highest BCUT2D eigenvalue weighted by molar-refractivity contribution is 5.53. The van der Waals surface area contributed by atoms with E-state index in [-0.39, 0.29) is 6.04 Å². The number of aryl methyl sites for hydroxylation is 1. The second kappa shape index (κ2) is 6.75. The van der Waals surface area contributed by atoms with Crippen LogP contribution in [0.1, 0.15) is 36.7 Å². The summed E-state index contributed by atoms with van der Waals surface area (Å²) < 4.78 is 5.55. The highest BCUT2D eigenvalue weighted by atomic mass is 16.4. The Balaban J connectivity index is 1.71. The van der Waals surface area contributed by atoms with Crippen molar-refractivity contribution in [2.75, 3.05) is 31.1 Å². The van der Waals surface area contributed by atoms with Gasteiger partial charge in [0.2, 0.25) is 11.8 Å². The van der Waals surface area contributed by atoms with E-state index in [1.54, 1.807) is 19.2 Å². The van der Waals surface area contributed by atoms with Crippen molar-refractivity contribution < 1.29 is 4.42 Å². The van der Waals surface area contributed by atoms with Crippen LogP contribution in [0.5, 0.6) is 0 Å². The minimum absolute atomic E-state index is 0.0929. The second-order valence-electron chi connectivity index (χ2n) is 5.70. The zero-order valence-corrected chi connectivity index (χ0v) is 13.4. The number of pyridine rings is 1. The Morgan fingerprint density at radius 2 is 2.13 bits per heavy atom. The van der Waals surface area contributed by atoms with Gasteiger partial charge in [0, 0.05) is 39.3 Å². The van der Waals surface area contributed by atoms with E-state index < -0.39 is 0 Å². The fraction of sp³-hybridized carbons (Fsp3) is 0.500. The summed E-state index contributed by atoms with van der Waals surface area (Å²) in [5, 5.41) is 17.3. The van der Waals surface area contributed by atoms with Gasteiger partial charge in [-0.15, -0.1) is 10.2 Å². The van der Waals surface area contributed by atoms with E-state index >= 15 is 0 Å². The molecule has 0 bridgehead atoms. The van der Waals surface area contributed by atoms with Crippen LogP contribution in [0, 0.1) is 18.3 Å². The van der Waals surface area contributed by atoms with Crippen molar-refractivity contribution in [3.05, 3.63) is 35.7 Å². The van der Waals surface area contributed by atoms with Crippen LogP contribution in [0.25, 0.3) is 0 Å². The average Bonchev–Trinajstić information content (AvgIpc) is 2.87. The maximum Gasteiger partial charge on any atom is 0.233 e. The number of nitrogens with zero attached hydrogens (tertiary/aromatic N) is 6. The standard InChI is InChI=1S/C16H20N6O/c1-12(16-20-19-13(2)23-16)21-7-4-8-22(10-9-21)15-14(11-17)5-3-6-18-15/h3,5-6,12H,4,7-10H2,1-2H3/t12-/m1/s1. The van der Waals surface area contributed by atoms with Crippen LogP contribution in [-0.2, 0) is 0 Å². The zero-order valence-electron chi connectivity index (χ0n) is 13.4. The molecule has 0 saturated carbocycles. The third-order valence-electron chi connectivity index (χ3n) is 4.18. The van der Waals surface area contributed by atoms with Crippen LogP contribution in [-0.4, -0.2) is 46.3 Å². The first kappa shape index (κ1) is 15.4. The van der Waals surface area contributed by atoms with Crippen molar-refractivity contribution in [3.63, 3.8) is 0 Å². The molecule has 3 rings (SSSR count). The first-order chi connectivity index (χ1) is 11.2. The molecule has 23 heavy (non-hydrogen) atoms. The van der Waals surface area contributed by atoms with Gasteiger partial charge in [0.05, 0.1) is 11.6 Å². The van der Waals surface area contributed by atoms with Crippen molar-refractivity contribution in [2.24, 2.45) is 0 Å². The lowest BCUT2D eigenvalue weighted by molar-refractivity contribution is 0.194. The van der Waals surface area contributed by atoms with Crippen LogP contribution in [0.2, 0.25) is 0 Å². The van der Waals surface area contributed by atoms with Crippen molar-refractivity contribution in [2.45, 2.75) is 26.3 Å². The molecule has 2 aromatic heterocycles. The lowest BCUT2D eigenvalue weighted by Crippen LogP contribution is -2.33. The number of hydrogen-bond acceptors (Lipinski definition) is 7.